The maximum Gasteiger partial charge on any atom is 0.243 e. The second-order valence-electron chi connectivity index (χ2n) is 8.76. The van der Waals surface area contributed by atoms with Crippen molar-refractivity contribution in [2.24, 2.45) is 0 Å². The molecule has 0 unspecified atom stereocenters. The number of amides is 2. The Morgan fingerprint density at radius 3 is 2.40 bits per heavy atom. The van der Waals surface area contributed by atoms with Crippen molar-refractivity contribution in [3.8, 4) is 0 Å². The van der Waals surface area contributed by atoms with E-state index in [-0.39, 0.29) is 11.8 Å². The Kier molecular flexibility index (Phi) is 11.2. The van der Waals surface area contributed by atoms with Gasteiger partial charge in [0.05, 0.1) is 6.61 Å². The molecule has 3 aromatic rings. The first-order chi connectivity index (χ1) is 17.2. The number of carbonyl (C=O) groups excluding carboxylic acids is 2. The van der Waals surface area contributed by atoms with Crippen molar-refractivity contribution in [3.63, 3.8) is 0 Å². The third-order valence-electron chi connectivity index (χ3n) is 6.13. The number of rotatable bonds is 15. The van der Waals surface area contributed by atoms with E-state index in [1.54, 1.807) is 5.48 Å². The topological polar surface area (TPSA) is 78.9 Å². The molecule has 0 spiro atoms. The summed E-state index contributed by atoms with van der Waals surface area (Å²) < 4.78 is 5.74. The normalized spacial score (nSPS) is 10.9. The number of ether oxygens (including phenoxy) is 1. The smallest absolute Gasteiger partial charge is 0.243 e. The average Bonchev–Trinajstić information content (AvgIpc) is 2.90. The van der Waals surface area contributed by atoms with Gasteiger partial charge in [0.1, 0.15) is 0 Å². The largest absolute Gasteiger partial charge is 0.377 e. The van der Waals surface area contributed by atoms with Gasteiger partial charge in [-0.2, -0.15) is 0 Å². The molecule has 0 radical (unpaired) electrons. The Morgan fingerprint density at radius 2 is 1.57 bits per heavy atom. The standard InChI is InChI=1S/C29H36N2O4/c32-28(30-34)17-5-2-8-20-31(21-19-26-15-9-14-25-13-6-7-16-27(25)26)29(33)18-10-22-35-23-24-11-3-1-4-12-24/h1,3-4,6-7,9,11-16,34H,2,5,8,10,17-23H2,(H,30,32). The first-order valence-corrected chi connectivity index (χ1v) is 12.5. The fraction of sp³-hybridized carbons (Fsp3) is 0.379. The summed E-state index contributed by atoms with van der Waals surface area (Å²) in [6.45, 7) is 2.43. The second-order valence-corrected chi connectivity index (χ2v) is 8.76. The van der Waals surface area contributed by atoms with Crippen LogP contribution < -0.4 is 5.48 Å². The predicted octanol–water partition coefficient (Wildman–Crippen LogP) is 5.27. The highest BCUT2D eigenvalue weighted by Gasteiger charge is 2.14. The number of carbonyl (C=O) groups is 2. The molecule has 0 fully saturated rings. The van der Waals surface area contributed by atoms with Gasteiger partial charge in [0.25, 0.3) is 0 Å². The zero-order valence-electron chi connectivity index (χ0n) is 20.3. The van der Waals surface area contributed by atoms with Crippen LogP contribution in [0.3, 0.4) is 0 Å². The molecule has 0 aromatic heterocycles. The highest BCUT2D eigenvalue weighted by atomic mass is 16.5. The van der Waals surface area contributed by atoms with Crippen LogP contribution in [0.15, 0.2) is 72.8 Å². The fourth-order valence-corrected chi connectivity index (χ4v) is 4.20. The maximum absolute atomic E-state index is 13.1. The SMILES string of the molecule is O=C(CCCCCN(CCc1cccc2ccccc12)C(=O)CCCOCc1ccccc1)NO. The van der Waals surface area contributed by atoms with Crippen LogP contribution in [0.1, 0.15) is 49.7 Å². The quantitative estimate of drug-likeness (QED) is 0.178. The number of nitrogens with zero attached hydrogens (tertiary/aromatic N) is 1. The molecule has 0 atom stereocenters. The van der Waals surface area contributed by atoms with Gasteiger partial charge in [-0.3, -0.25) is 14.8 Å². The minimum atomic E-state index is -0.371. The first-order valence-electron chi connectivity index (χ1n) is 12.5. The van der Waals surface area contributed by atoms with Crippen LogP contribution in [0.5, 0.6) is 0 Å². The Labute approximate surface area is 207 Å². The highest BCUT2D eigenvalue weighted by Crippen LogP contribution is 2.19. The summed E-state index contributed by atoms with van der Waals surface area (Å²) in [7, 11) is 0. The van der Waals surface area contributed by atoms with E-state index in [4.69, 9.17) is 9.94 Å². The number of fused-ring (bicyclic) bond motifs is 1. The molecule has 2 N–H and O–H groups in total. The van der Waals surface area contributed by atoms with Gasteiger partial charge in [0.15, 0.2) is 0 Å². The van der Waals surface area contributed by atoms with Crippen LogP contribution in [-0.4, -0.2) is 41.6 Å². The van der Waals surface area contributed by atoms with Crippen molar-refractivity contribution < 1.29 is 19.5 Å². The lowest BCUT2D eigenvalue weighted by atomic mass is 10.0. The fourth-order valence-electron chi connectivity index (χ4n) is 4.20. The molecule has 0 aliphatic rings. The summed E-state index contributed by atoms with van der Waals surface area (Å²) in [5.41, 5.74) is 4.04. The minimum Gasteiger partial charge on any atom is -0.377 e. The number of hydrogen-bond donors (Lipinski definition) is 2. The van der Waals surface area contributed by atoms with Crippen LogP contribution in [0.4, 0.5) is 0 Å². The summed E-state index contributed by atoms with van der Waals surface area (Å²) >= 11 is 0. The third-order valence-corrected chi connectivity index (χ3v) is 6.13. The zero-order valence-corrected chi connectivity index (χ0v) is 20.3. The van der Waals surface area contributed by atoms with Gasteiger partial charge < -0.3 is 9.64 Å². The van der Waals surface area contributed by atoms with Gasteiger partial charge in [0, 0.05) is 32.5 Å². The number of hydrogen-bond acceptors (Lipinski definition) is 4. The number of nitrogens with one attached hydrogen (secondary N) is 1. The zero-order chi connectivity index (χ0) is 24.7. The van der Waals surface area contributed by atoms with Crippen LogP contribution in [0.2, 0.25) is 0 Å². The molecule has 0 saturated heterocycles. The van der Waals surface area contributed by atoms with E-state index in [9.17, 15) is 9.59 Å². The van der Waals surface area contributed by atoms with Gasteiger partial charge >= 0.3 is 0 Å². The highest BCUT2D eigenvalue weighted by molar-refractivity contribution is 5.85. The van der Waals surface area contributed by atoms with Crippen LogP contribution >= 0.6 is 0 Å². The van der Waals surface area contributed by atoms with E-state index in [2.05, 4.69) is 30.3 Å². The lowest BCUT2D eigenvalue weighted by Gasteiger charge is -2.23. The van der Waals surface area contributed by atoms with E-state index in [1.807, 2.05) is 47.4 Å². The van der Waals surface area contributed by atoms with E-state index in [1.165, 1.54) is 16.3 Å². The number of benzene rings is 3. The van der Waals surface area contributed by atoms with Crippen molar-refractivity contribution in [1.82, 2.24) is 10.4 Å². The first kappa shape index (κ1) is 26.4. The summed E-state index contributed by atoms with van der Waals surface area (Å²) in [4.78, 5) is 26.2. The van der Waals surface area contributed by atoms with Gasteiger partial charge in [-0.25, -0.2) is 5.48 Å². The van der Waals surface area contributed by atoms with Gasteiger partial charge in [0.2, 0.25) is 11.8 Å². The third kappa shape index (κ3) is 9.15. The molecule has 0 aliphatic carbocycles. The van der Waals surface area contributed by atoms with Crippen molar-refractivity contribution in [2.45, 2.75) is 51.6 Å². The molecule has 3 rings (SSSR count). The Balaban J connectivity index is 1.49. The van der Waals surface area contributed by atoms with E-state index < -0.39 is 0 Å². The average molecular weight is 477 g/mol. The van der Waals surface area contributed by atoms with Crippen molar-refractivity contribution >= 4 is 22.6 Å². The monoisotopic (exact) mass is 476 g/mol. The summed E-state index contributed by atoms with van der Waals surface area (Å²) in [6, 6.07) is 24.7. The molecule has 35 heavy (non-hydrogen) atoms. The lowest BCUT2D eigenvalue weighted by molar-refractivity contribution is -0.132. The van der Waals surface area contributed by atoms with E-state index >= 15 is 0 Å². The second kappa shape index (κ2) is 14.9. The molecule has 0 bridgehead atoms. The van der Waals surface area contributed by atoms with Gasteiger partial charge in [-0.05, 0) is 47.6 Å². The minimum absolute atomic E-state index is 0.140. The molecular weight excluding hydrogens is 440 g/mol. The number of unbranched alkanes of at least 4 members (excludes halogenated alkanes) is 2. The Bertz CT molecular complexity index is 1050. The van der Waals surface area contributed by atoms with E-state index in [0.717, 1.165) is 24.8 Å². The van der Waals surface area contributed by atoms with Crippen molar-refractivity contribution in [3.05, 3.63) is 83.9 Å². The maximum atomic E-state index is 13.1. The molecule has 0 heterocycles. The summed E-state index contributed by atoms with van der Waals surface area (Å²) in [5, 5.41) is 11.1. The Hall–Kier alpha value is -3.22. The molecule has 186 valence electrons. The molecule has 6 heteroatoms. The Morgan fingerprint density at radius 1 is 0.800 bits per heavy atom. The lowest BCUT2D eigenvalue weighted by Crippen LogP contribution is -2.34. The van der Waals surface area contributed by atoms with Crippen molar-refractivity contribution in [1.29, 1.82) is 0 Å². The predicted molar refractivity (Wildman–Crippen MR) is 138 cm³/mol. The van der Waals surface area contributed by atoms with Crippen LogP contribution in [0, 0.1) is 0 Å². The number of hydroxylamine groups is 1. The molecule has 0 aliphatic heterocycles. The summed E-state index contributed by atoms with van der Waals surface area (Å²) in [6.07, 6.45) is 4.56. The summed E-state index contributed by atoms with van der Waals surface area (Å²) in [5.74, 6) is -0.231. The van der Waals surface area contributed by atoms with Crippen LogP contribution in [0.25, 0.3) is 10.8 Å². The molecule has 2 amide bonds. The van der Waals surface area contributed by atoms with Gasteiger partial charge in [-0.15, -0.1) is 0 Å². The molecule has 0 saturated carbocycles. The molecular formula is C29H36N2O4. The molecule has 3 aromatic carbocycles. The van der Waals surface area contributed by atoms with E-state index in [0.29, 0.717) is 52.0 Å². The van der Waals surface area contributed by atoms with Crippen LogP contribution in [-0.2, 0) is 27.4 Å². The molecule has 6 nitrogen and oxygen atoms in total. The van der Waals surface area contributed by atoms with Crippen molar-refractivity contribution in [2.75, 3.05) is 19.7 Å². The van der Waals surface area contributed by atoms with Gasteiger partial charge in [-0.1, -0.05) is 79.2 Å².